The van der Waals surface area contributed by atoms with E-state index in [2.05, 4.69) is 34.6 Å². The van der Waals surface area contributed by atoms with Gasteiger partial charge in [0.1, 0.15) is 13.2 Å². The zero-order valence-electron chi connectivity index (χ0n) is 37.6. The molecule has 0 saturated heterocycles. The van der Waals surface area contributed by atoms with E-state index in [1.165, 1.54) is 148 Å². The number of carbonyl (C=O) groups excluding carboxylic acids is 3. The number of carbonyl (C=O) groups is 3. The maximum Gasteiger partial charge on any atom is 0.306 e. The van der Waals surface area contributed by atoms with E-state index in [0.29, 0.717) is 19.3 Å². The minimum atomic E-state index is -0.759. The molecule has 0 aliphatic heterocycles. The van der Waals surface area contributed by atoms with Crippen LogP contribution < -0.4 is 0 Å². The van der Waals surface area contributed by atoms with Gasteiger partial charge in [-0.3, -0.25) is 14.4 Å². The number of unbranched alkanes of at least 4 members (excludes halogenated alkanes) is 28. The Kier molecular flexibility index (Phi) is 40.8. The molecule has 0 saturated carbocycles. The van der Waals surface area contributed by atoms with Crippen molar-refractivity contribution in [2.24, 2.45) is 11.8 Å². The Labute approximate surface area is 342 Å². The van der Waals surface area contributed by atoms with Crippen molar-refractivity contribution in [2.45, 2.75) is 272 Å². The van der Waals surface area contributed by atoms with Gasteiger partial charge in [0, 0.05) is 19.3 Å². The van der Waals surface area contributed by atoms with Crippen molar-refractivity contribution in [3.05, 3.63) is 0 Å². The van der Waals surface area contributed by atoms with Crippen LogP contribution in [0.3, 0.4) is 0 Å². The first-order chi connectivity index (χ1) is 26.7. The standard InChI is InChI=1S/C49H94O6/c1-6-7-8-27-34-39-47(50)53-42-46(55-49(52)41-36-31-26-22-18-14-16-20-24-29-33-38-45(4)5)43-54-48(51)40-35-30-25-21-17-13-11-9-10-12-15-19-23-28-32-37-44(2)3/h44-46H,6-43H2,1-5H3/t46-/m1/s1. The lowest BCUT2D eigenvalue weighted by Crippen LogP contribution is -2.30. The molecule has 55 heavy (non-hydrogen) atoms. The van der Waals surface area contributed by atoms with E-state index >= 15 is 0 Å². The second kappa shape index (κ2) is 42.0. The number of ether oxygens (including phenoxy) is 3. The Morgan fingerprint density at radius 2 is 0.600 bits per heavy atom. The molecule has 0 spiro atoms. The fourth-order valence-electron chi connectivity index (χ4n) is 7.28. The van der Waals surface area contributed by atoms with E-state index in [-0.39, 0.29) is 31.1 Å². The van der Waals surface area contributed by atoms with Crippen LogP contribution >= 0.6 is 0 Å². The highest BCUT2D eigenvalue weighted by atomic mass is 16.6. The first-order valence-corrected chi connectivity index (χ1v) is 24.2. The third-order valence-corrected chi connectivity index (χ3v) is 11.0. The van der Waals surface area contributed by atoms with Crippen LogP contribution in [-0.2, 0) is 28.6 Å². The predicted octanol–water partition coefficient (Wildman–Crippen LogP) is 15.4. The third-order valence-electron chi connectivity index (χ3n) is 11.0. The van der Waals surface area contributed by atoms with Crippen LogP contribution in [0.25, 0.3) is 0 Å². The molecule has 0 heterocycles. The summed E-state index contributed by atoms with van der Waals surface area (Å²) in [6.45, 7) is 11.3. The van der Waals surface area contributed by atoms with E-state index in [9.17, 15) is 14.4 Å². The highest BCUT2D eigenvalue weighted by molar-refractivity contribution is 5.71. The van der Waals surface area contributed by atoms with Crippen LogP contribution in [0.15, 0.2) is 0 Å². The van der Waals surface area contributed by atoms with E-state index in [0.717, 1.165) is 76.0 Å². The van der Waals surface area contributed by atoms with Crippen molar-refractivity contribution in [1.82, 2.24) is 0 Å². The molecule has 0 aliphatic rings. The van der Waals surface area contributed by atoms with E-state index in [4.69, 9.17) is 14.2 Å². The molecule has 0 N–H and O–H groups in total. The molecule has 6 nitrogen and oxygen atoms in total. The molecule has 0 fully saturated rings. The first kappa shape index (κ1) is 53.4. The van der Waals surface area contributed by atoms with Crippen molar-refractivity contribution in [3.63, 3.8) is 0 Å². The molecule has 326 valence electrons. The van der Waals surface area contributed by atoms with Crippen LogP contribution in [0.1, 0.15) is 266 Å². The summed E-state index contributed by atoms with van der Waals surface area (Å²) >= 11 is 0. The van der Waals surface area contributed by atoms with Crippen molar-refractivity contribution in [3.8, 4) is 0 Å². The van der Waals surface area contributed by atoms with Gasteiger partial charge in [-0.15, -0.1) is 0 Å². The summed E-state index contributed by atoms with van der Waals surface area (Å²) in [5.41, 5.74) is 0. The Morgan fingerprint density at radius 3 is 0.891 bits per heavy atom. The minimum Gasteiger partial charge on any atom is -0.462 e. The molecule has 0 radical (unpaired) electrons. The summed E-state index contributed by atoms with van der Waals surface area (Å²) in [4.78, 5) is 37.5. The molecular weight excluding hydrogens is 685 g/mol. The van der Waals surface area contributed by atoms with Crippen LogP contribution in [0.5, 0.6) is 0 Å². The molecule has 0 rings (SSSR count). The van der Waals surface area contributed by atoms with Crippen molar-refractivity contribution in [2.75, 3.05) is 13.2 Å². The van der Waals surface area contributed by atoms with Crippen LogP contribution in [0.2, 0.25) is 0 Å². The van der Waals surface area contributed by atoms with E-state index in [1.807, 2.05) is 0 Å². The minimum absolute atomic E-state index is 0.0651. The number of esters is 3. The van der Waals surface area contributed by atoms with Gasteiger partial charge in [-0.05, 0) is 31.1 Å². The zero-order chi connectivity index (χ0) is 40.5. The summed E-state index contributed by atoms with van der Waals surface area (Å²) in [6.07, 6.45) is 41.2. The maximum atomic E-state index is 12.7. The van der Waals surface area contributed by atoms with E-state index < -0.39 is 6.10 Å². The molecule has 0 unspecified atom stereocenters. The predicted molar refractivity (Wildman–Crippen MR) is 233 cm³/mol. The lowest BCUT2D eigenvalue weighted by Gasteiger charge is -2.18. The van der Waals surface area contributed by atoms with Gasteiger partial charge in [-0.25, -0.2) is 0 Å². The smallest absolute Gasteiger partial charge is 0.306 e. The molecule has 0 aromatic rings. The van der Waals surface area contributed by atoms with Gasteiger partial charge in [0.05, 0.1) is 0 Å². The van der Waals surface area contributed by atoms with Crippen molar-refractivity contribution >= 4 is 17.9 Å². The van der Waals surface area contributed by atoms with Gasteiger partial charge in [0.15, 0.2) is 6.10 Å². The maximum absolute atomic E-state index is 12.7. The van der Waals surface area contributed by atoms with Crippen molar-refractivity contribution in [1.29, 1.82) is 0 Å². The van der Waals surface area contributed by atoms with Crippen LogP contribution in [-0.4, -0.2) is 37.2 Å². The van der Waals surface area contributed by atoms with Crippen LogP contribution in [0.4, 0.5) is 0 Å². The molecule has 0 amide bonds. The molecule has 6 heteroatoms. The average Bonchev–Trinajstić information content (AvgIpc) is 3.15. The summed E-state index contributed by atoms with van der Waals surface area (Å²) < 4.78 is 16.6. The van der Waals surface area contributed by atoms with E-state index in [1.54, 1.807) is 0 Å². The highest BCUT2D eigenvalue weighted by Gasteiger charge is 2.19. The Bertz CT molecular complexity index is 839. The summed E-state index contributed by atoms with van der Waals surface area (Å²) in [5, 5.41) is 0. The monoisotopic (exact) mass is 779 g/mol. The fourth-order valence-corrected chi connectivity index (χ4v) is 7.28. The highest BCUT2D eigenvalue weighted by Crippen LogP contribution is 2.17. The molecule has 0 aliphatic carbocycles. The zero-order valence-corrected chi connectivity index (χ0v) is 37.6. The number of rotatable bonds is 43. The lowest BCUT2D eigenvalue weighted by atomic mass is 10.0. The van der Waals surface area contributed by atoms with Crippen molar-refractivity contribution < 1.29 is 28.6 Å². The second-order valence-electron chi connectivity index (χ2n) is 17.7. The number of hydrogen-bond donors (Lipinski definition) is 0. The summed E-state index contributed by atoms with van der Waals surface area (Å²) in [6, 6.07) is 0. The summed E-state index contributed by atoms with van der Waals surface area (Å²) in [7, 11) is 0. The van der Waals surface area contributed by atoms with Gasteiger partial charge in [-0.1, -0.05) is 227 Å². The van der Waals surface area contributed by atoms with Gasteiger partial charge in [0.2, 0.25) is 0 Å². The quantitative estimate of drug-likeness (QED) is 0.0348. The lowest BCUT2D eigenvalue weighted by molar-refractivity contribution is -0.167. The first-order valence-electron chi connectivity index (χ1n) is 24.2. The molecule has 0 bridgehead atoms. The van der Waals surface area contributed by atoms with Gasteiger partial charge >= 0.3 is 17.9 Å². The third kappa shape index (κ3) is 43.4. The topological polar surface area (TPSA) is 78.9 Å². The molecule has 1 atom stereocenters. The average molecular weight is 779 g/mol. The summed E-state index contributed by atoms with van der Waals surface area (Å²) in [5.74, 6) is 0.807. The molecule has 0 aromatic carbocycles. The largest absolute Gasteiger partial charge is 0.462 e. The normalized spacial score (nSPS) is 12.1. The van der Waals surface area contributed by atoms with Gasteiger partial charge in [-0.2, -0.15) is 0 Å². The second-order valence-corrected chi connectivity index (χ2v) is 17.7. The van der Waals surface area contributed by atoms with Gasteiger partial charge < -0.3 is 14.2 Å². The SMILES string of the molecule is CCCCCCCC(=O)OC[C@H](COC(=O)CCCCCCCCCCCCCCCCCC(C)C)OC(=O)CCCCCCCCCCCCCC(C)C. The Morgan fingerprint density at radius 1 is 0.345 bits per heavy atom. The molecule has 0 aromatic heterocycles. The number of hydrogen-bond acceptors (Lipinski definition) is 6. The Hall–Kier alpha value is -1.59. The Balaban J connectivity index is 4.13. The van der Waals surface area contributed by atoms with Crippen LogP contribution in [0, 0.1) is 11.8 Å². The van der Waals surface area contributed by atoms with Gasteiger partial charge in [0.25, 0.3) is 0 Å². The molecular formula is C49H94O6. The fraction of sp³-hybridized carbons (Fsp3) is 0.939.